The summed E-state index contributed by atoms with van der Waals surface area (Å²) in [6.45, 7) is 3.59. The quantitative estimate of drug-likeness (QED) is 0.0235. The van der Waals surface area contributed by atoms with Crippen LogP contribution in [0.25, 0.3) is 0 Å². The molecule has 1 unspecified atom stereocenters. The predicted octanol–water partition coefficient (Wildman–Crippen LogP) is 9.25. The van der Waals surface area contributed by atoms with Crippen molar-refractivity contribution >= 4 is 5.91 Å². The number of hydrogen-bond acceptors (Lipinski definition) is 9. The van der Waals surface area contributed by atoms with Crippen molar-refractivity contribution in [1.29, 1.82) is 0 Å². The Bertz CT molecular complexity index is 979. The fourth-order valence-electron chi connectivity index (χ4n) is 7.65. The third-order valence-electron chi connectivity index (χ3n) is 11.6. The molecule has 0 saturated carbocycles. The van der Waals surface area contributed by atoms with Gasteiger partial charge >= 0.3 is 0 Å². The van der Waals surface area contributed by atoms with Crippen molar-refractivity contribution in [1.82, 2.24) is 5.32 Å². The Balaban J connectivity index is 2.36. The molecule has 0 radical (unpaired) electrons. The molecule has 1 heterocycles. The van der Waals surface area contributed by atoms with Gasteiger partial charge in [0.1, 0.15) is 30.5 Å². The maximum atomic E-state index is 13.0. The van der Waals surface area contributed by atoms with Crippen LogP contribution in [0.5, 0.6) is 0 Å². The molecule has 1 aliphatic heterocycles. The number of ether oxygens (including phenoxy) is 2. The van der Waals surface area contributed by atoms with Gasteiger partial charge in [0.05, 0.1) is 25.4 Å². The summed E-state index contributed by atoms with van der Waals surface area (Å²) in [4.78, 5) is 13.0. The molecule has 0 aromatic carbocycles. The van der Waals surface area contributed by atoms with Crippen LogP contribution in [0, 0.1) is 0 Å². The number of carbonyl (C=O) groups excluding carboxylic acids is 1. The molecule has 10 heteroatoms. The molecule has 0 aliphatic carbocycles. The van der Waals surface area contributed by atoms with Gasteiger partial charge in [-0.15, -0.1) is 0 Å². The maximum absolute atomic E-state index is 13.0. The van der Waals surface area contributed by atoms with Crippen LogP contribution in [-0.4, -0.2) is 98.7 Å². The number of rotatable bonds is 40. The lowest BCUT2D eigenvalue weighted by Gasteiger charge is -2.40. The van der Waals surface area contributed by atoms with Crippen molar-refractivity contribution in [3.8, 4) is 0 Å². The fourth-order valence-corrected chi connectivity index (χ4v) is 7.65. The van der Waals surface area contributed by atoms with E-state index in [0.29, 0.717) is 19.3 Å². The van der Waals surface area contributed by atoms with Crippen molar-refractivity contribution in [2.75, 3.05) is 13.2 Å². The molecule has 342 valence electrons. The second-order valence-corrected chi connectivity index (χ2v) is 17.0. The van der Waals surface area contributed by atoms with Gasteiger partial charge in [-0.3, -0.25) is 4.79 Å². The normalized spacial score (nSPS) is 21.6. The van der Waals surface area contributed by atoms with Gasteiger partial charge in [-0.1, -0.05) is 205 Å². The van der Waals surface area contributed by atoms with Gasteiger partial charge < -0.3 is 45.4 Å². The van der Waals surface area contributed by atoms with Crippen LogP contribution >= 0.6 is 0 Å². The first-order valence-electron chi connectivity index (χ1n) is 24.2. The number of aliphatic hydroxyl groups excluding tert-OH is 6. The van der Waals surface area contributed by atoms with Crippen molar-refractivity contribution in [3.63, 3.8) is 0 Å². The molecule has 0 spiro atoms. The maximum Gasteiger partial charge on any atom is 0.249 e. The van der Waals surface area contributed by atoms with E-state index in [1.165, 1.54) is 148 Å². The number of nitrogens with one attached hydrogen (secondary N) is 1. The molecule has 10 nitrogen and oxygen atoms in total. The third kappa shape index (κ3) is 28.2. The van der Waals surface area contributed by atoms with Gasteiger partial charge in [0.25, 0.3) is 0 Å². The Kier molecular flexibility index (Phi) is 36.3. The largest absolute Gasteiger partial charge is 0.394 e. The topological polar surface area (TPSA) is 169 Å². The molecule has 1 amide bonds. The second kappa shape index (κ2) is 38.5. The van der Waals surface area contributed by atoms with E-state index in [1.807, 2.05) is 6.08 Å². The first kappa shape index (κ1) is 54.6. The lowest BCUT2D eigenvalue weighted by atomic mass is 9.99. The SMILES string of the molecule is CCCCCCCCC/C=C\CC/C=C/[C@@H](O)[C@H](CO[C@@H]1O[C@H](CO)[C@@H](O)[C@H](O)[C@H]1O)NC(=O)C(O)CCCCCCCCCCCCCCCCCCCCCC. The van der Waals surface area contributed by atoms with Gasteiger partial charge in [0.15, 0.2) is 6.29 Å². The zero-order valence-electron chi connectivity index (χ0n) is 37.2. The molecule has 0 aromatic heterocycles. The van der Waals surface area contributed by atoms with Crippen LogP contribution in [0.4, 0.5) is 0 Å². The number of allylic oxidation sites excluding steroid dienone is 3. The minimum atomic E-state index is -1.61. The molecule has 1 aliphatic rings. The summed E-state index contributed by atoms with van der Waals surface area (Å²) in [6.07, 6.45) is 35.6. The fraction of sp³-hybridized carbons (Fsp3) is 0.896. The zero-order chi connectivity index (χ0) is 42.5. The standard InChI is InChI=1S/C48H91NO9/c1-3-5-7-9-11-13-15-17-18-19-20-21-22-23-25-27-29-31-33-35-37-42(52)47(56)49-40(39-57-48-46(55)45(54)44(53)43(38-50)58-48)41(51)36-34-32-30-28-26-24-16-14-12-10-8-6-4-2/h26,28,34,36,40-46,48,50-55H,3-25,27,29-33,35,37-39H2,1-2H3,(H,49,56)/b28-26-,36-34+/t40-,41+,42?,43+,44+,45-,46+,48+/m0/s1. The Labute approximate surface area is 354 Å². The monoisotopic (exact) mass is 826 g/mol. The molecule has 7 N–H and O–H groups in total. The van der Waals surface area contributed by atoms with Gasteiger partial charge in [-0.25, -0.2) is 0 Å². The average molecular weight is 826 g/mol. The molecule has 1 saturated heterocycles. The van der Waals surface area contributed by atoms with Gasteiger partial charge in [0.2, 0.25) is 5.91 Å². The van der Waals surface area contributed by atoms with Crippen LogP contribution in [0.3, 0.4) is 0 Å². The highest BCUT2D eigenvalue weighted by Crippen LogP contribution is 2.23. The third-order valence-corrected chi connectivity index (χ3v) is 11.6. The van der Waals surface area contributed by atoms with Crippen LogP contribution in [0.15, 0.2) is 24.3 Å². The van der Waals surface area contributed by atoms with Crippen molar-refractivity contribution in [3.05, 3.63) is 24.3 Å². The van der Waals surface area contributed by atoms with Crippen LogP contribution in [0.1, 0.15) is 213 Å². The number of amides is 1. The van der Waals surface area contributed by atoms with E-state index < -0.39 is 61.5 Å². The Morgan fingerprint density at radius 1 is 0.586 bits per heavy atom. The van der Waals surface area contributed by atoms with Crippen LogP contribution in [-0.2, 0) is 14.3 Å². The molecule has 58 heavy (non-hydrogen) atoms. The summed E-state index contributed by atoms with van der Waals surface area (Å²) in [7, 11) is 0. The molecule has 8 atom stereocenters. The van der Waals surface area contributed by atoms with E-state index in [2.05, 4.69) is 31.3 Å². The first-order valence-corrected chi connectivity index (χ1v) is 24.2. The van der Waals surface area contributed by atoms with E-state index in [9.17, 15) is 35.4 Å². The summed E-state index contributed by atoms with van der Waals surface area (Å²) < 4.78 is 11.1. The van der Waals surface area contributed by atoms with E-state index in [0.717, 1.165) is 32.1 Å². The summed E-state index contributed by atoms with van der Waals surface area (Å²) in [5, 5.41) is 64.6. The highest BCUT2D eigenvalue weighted by Gasteiger charge is 2.44. The van der Waals surface area contributed by atoms with E-state index in [-0.39, 0.29) is 6.61 Å². The number of carbonyl (C=O) groups is 1. The van der Waals surface area contributed by atoms with Crippen LogP contribution < -0.4 is 5.32 Å². The van der Waals surface area contributed by atoms with Crippen molar-refractivity contribution in [2.45, 2.75) is 262 Å². The highest BCUT2D eigenvalue weighted by atomic mass is 16.7. The Hall–Kier alpha value is -1.37. The smallest absolute Gasteiger partial charge is 0.249 e. The lowest BCUT2D eigenvalue weighted by Crippen LogP contribution is -2.60. The van der Waals surface area contributed by atoms with Gasteiger partial charge in [0, 0.05) is 0 Å². The van der Waals surface area contributed by atoms with E-state index in [1.54, 1.807) is 6.08 Å². The average Bonchev–Trinajstić information content (AvgIpc) is 3.22. The first-order chi connectivity index (χ1) is 28.3. The molecule has 0 aromatic rings. The number of unbranched alkanes of at least 4 members (excludes halogenated alkanes) is 27. The summed E-state index contributed by atoms with van der Waals surface area (Å²) >= 11 is 0. The predicted molar refractivity (Wildman–Crippen MR) is 236 cm³/mol. The highest BCUT2D eigenvalue weighted by molar-refractivity contribution is 5.80. The Morgan fingerprint density at radius 3 is 1.50 bits per heavy atom. The van der Waals surface area contributed by atoms with E-state index >= 15 is 0 Å². The molecular weight excluding hydrogens is 735 g/mol. The Morgan fingerprint density at radius 2 is 1.02 bits per heavy atom. The molecule has 1 rings (SSSR count). The van der Waals surface area contributed by atoms with Crippen molar-refractivity contribution in [2.24, 2.45) is 0 Å². The summed E-state index contributed by atoms with van der Waals surface area (Å²) in [5.74, 6) is -0.624. The lowest BCUT2D eigenvalue weighted by molar-refractivity contribution is -0.302. The number of hydrogen-bond donors (Lipinski definition) is 7. The summed E-state index contributed by atoms with van der Waals surface area (Å²) in [6, 6.07) is -0.992. The zero-order valence-corrected chi connectivity index (χ0v) is 37.2. The van der Waals surface area contributed by atoms with E-state index in [4.69, 9.17) is 9.47 Å². The molecular formula is C48H91NO9. The molecule has 1 fully saturated rings. The van der Waals surface area contributed by atoms with Gasteiger partial charge in [-0.05, 0) is 32.1 Å². The number of aliphatic hydroxyl groups is 6. The second-order valence-electron chi connectivity index (χ2n) is 17.0. The molecule has 0 bridgehead atoms. The van der Waals surface area contributed by atoms with Gasteiger partial charge in [-0.2, -0.15) is 0 Å². The minimum Gasteiger partial charge on any atom is -0.394 e. The van der Waals surface area contributed by atoms with Crippen LogP contribution in [0.2, 0.25) is 0 Å². The van der Waals surface area contributed by atoms with Crippen molar-refractivity contribution < 1.29 is 44.9 Å². The minimum absolute atomic E-state index is 0.308. The summed E-state index contributed by atoms with van der Waals surface area (Å²) in [5.41, 5.74) is 0.